The zero-order valence-corrected chi connectivity index (χ0v) is 8.48. The highest BCUT2D eigenvalue weighted by atomic mass is 14.5. The highest BCUT2D eigenvalue weighted by Gasteiger charge is 2.45. The lowest BCUT2D eigenvalue weighted by molar-refractivity contribution is 0.393. The van der Waals surface area contributed by atoms with Gasteiger partial charge in [-0.15, -0.1) is 0 Å². The molecule has 0 aliphatic heterocycles. The Kier molecular flexibility index (Phi) is 2.61. The van der Waals surface area contributed by atoms with Crippen LogP contribution in [-0.2, 0) is 0 Å². The molecule has 1 aliphatic carbocycles. The van der Waals surface area contributed by atoms with Crippen LogP contribution >= 0.6 is 0 Å². The summed E-state index contributed by atoms with van der Waals surface area (Å²) in [5.41, 5.74) is 0.697. The second-order valence-electron chi connectivity index (χ2n) is 4.81. The Morgan fingerprint density at radius 2 is 1.73 bits per heavy atom. The van der Waals surface area contributed by atoms with Crippen molar-refractivity contribution in [1.29, 1.82) is 0 Å². The highest BCUT2D eigenvalue weighted by Crippen LogP contribution is 2.55. The molecule has 0 radical (unpaired) electrons. The molecule has 66 valence electrons. The van der Waals surface area contributed by atoms with Gasteiger partial charge >= 0.3 is 0 Å². The van der Waals surface area contributed by atoms with E-state index < -0.39 is 0 Å². The van der Waals surface area contributed by atoms with E-state index in [0.29, 0.717) is 5.41 Å². The third-order valence-electron chi connectivity index (χ3n) is 3.49. The van der Waals surface area contributed by atoms with Crippen molar-refractivity contribution in [1.82, 2.24) is 0 Å². The molecule has 11 heavy (non-hydrogen) atoms. The number of hydrogen-bond donors (Lipinski definition) is 0. The predicted octanol–water partition coefficient (Wildman–Crippen LogP) is 3.86. The van der Waals surface area contributed by atoms with Gasteiger partial charge in [-0.2, -0.15) is 0 Å². The average molecular weight is 154 g/mol. The molecule has 0 bridgehead atoms. The zero-order chi connectivity index (χ0) is 8.48. The summed E-state index contributed by atoms with van der Waals surface area (Å²) in [6, 6.07) is 0. The van der Waals surface area contributed by atoms with Crippen molar-refractivity contribution in [3.05, 3.63) is 0 Å². The van der Waals surface area contributed by atoms with Gasteiger partial charge in [0, 0.05) is 0 Å². The van der Waals surface area contributed by atoms with Crippen LogP contribution in [-0.4, -0.2) is 0 Å². The fourth-order valence-electron chi connectivity index (χ4n) is 2.00. The van der Waals surface area contributed by atoms with Crippen LogP contribution in [0.1, 0.15) is 53.4 Å². The summed E-state index contributed by atoms with van der Waals surface area (Å²) < 4.78 is 0. The average Bonchev–Trinajstić information content (AvgIpc) is 2.54. The predicted molar refractivity (Wildman–Crippen MR) is 50.6 cm³/mol. The first kappa shape index (κ1) is 9.09. The third kappa shape index (κ3) is 2.21. The second kappa shape index (κ2) is 3.16. The summed E-state index contributed by atoms with van der Waals surface area (Å²) in [5.74, 6) is 2.05. The van der Waals surface area contributed by atoms with Crippen LogP contribution in [0.4, 0.5) is 0 Å². The minimum absolute atomic E-state index is 0.697. The maximum Gasteiger partial charge on any atom is -0.0323 e. The molecule has 0 nitrogen and oxygen atoms in total. The van der Waals surface area contributed by atoms with E-state index in [1.807, 2.05) is 0 Å². The molecule has 1 atom stereocenters. The molecule has 0 aromatic heterocycles. The van der Waals surface area contributed by atoms with Gasteiger partial charge in [-0.05, 0) is 30.1 Å². The molecule has 0 amide bonds. The molecule has 0 heterocycles. The van der Waals surface area contributed by atoms with Gasteiger partial charge in [0.15, 0.2) is 0 Å². The summed E-state index contributed by atoms with van der Waals surface area (Å²) in [5, 5.41) is 0. The molecular formula is C11H22. The molecule has 1 fully saturated rings. The Hall–Kier alpha value is 0. The van der Waals surface area contributed by atoms with Gasteiger partial charge < -0.3 is 0 Å². The molecule has 0 aromatic carbocycles. The van der Waals surface area contributed by atoms with E-state index in [-0.39, 0.29) is 0 Å². The van der Waals surface area contributed by atoms with Gasteiger partial charge in [-0.25, -0.2) is 0 Å². The molecule has 1 rings (SSSR count). The van der Waals surface area contributed by atoms with E-state index in [9.17, 15) is 0 Å². The van der Waals surface area contributed by atoms with E-state index >= 15 is 0 Å². The molecule has 0 spiro atoms. The van der Waals surface area contributed by atoms with Gasteiger partial charge in [-0.3, -0.25) is 0 Å². The first-order valence-electron chi connectivity index (χ1n) is 5.10. The van der Waals surface area contributed by atoms with Gasteiger partial charge in [0.05, 0.1) is 0 Å². The Morgan fingerprint density at radius 1 is 1.27 bits per heavy atom. The van der Waals surface area contributed by atoms with Crippen LogP contribution in [0.3, 0.4) is 0 Å². The molecule has 1 saturated carbocycles. The van der Waals surface area contributed by atoms with Crippen LogP contribution in [0.25, 0.3) is 0 Å². The molecule has 1 unspecified atom stereocenters. The van der Waals surface area contributed by atoms with Crippen molar-refractivity contribution in [2.45, 2.75) is 53.4 Å². The molecule has 0 aromatic rings. The van der Waals surface area contributed by atoms with Crippen LogP contribution in [0.5, 0.6) is 0 Å². The summed E-state index contributed by atoms with van der Waals surface area (Å²) in [4.78, 5) is 0. The summed E-state index contributed by atoms with van der Waals surface area (Å²) in [6.45, 7) is 9.45. The monoisotopic (exact) mass is 154 g/mol. The van der Waals surface area contributed by atoms with Crippen molar-refractivity contribution in [2.24, 2.45) is 17.3 Å². The second-order valence-corrected chi connectivity index (χ2v) is 4.81. The normalized spacial score (nSPS) is 27.5. The Balaban J connectivity index is 2.21. The minimum Gasteiger partial charge on any atom is -0.0651 e. The van der Waals surface area contributed by atoms with Crippen LogP contribution in [0, 0.1) is 17.3 Å². The van der Waals surface area contributed by atoms with Crippen molar-refractivity contribution >= 4 is 0 Å². The SMILES string of the molecule is CCC(CC)CC1CC1(C)C. The van der Waals surface area contributed by atoms with E-state index in [1.165, 1.54) is 25.7 Å². The molecule has 1 aliphatic rings. The fourth-order valence-corrected chi connectivity index (χ4v) is 2.00. The Morgan fingerprint density at radius 3 is 2.00 bits per heavy atom. The summed E-state index contributed by atoms with van der Waals surface area (Å²) >= 11 is 0. The first-order valence-corrected chi connectivity index (χ1v) is 5.10. The first-order chi connectivity index (χ1) is 5.10. The standard InChI is InChI=1S/C11H22/c1-5-9(6-2)7-10-8-11(10,3)4/h9-10H,5-8H2,1-4H3. The van der Waals surface area contributed by atoms with Crippen LogP contribution in [0.2, 0.25) is 0 Å². The fraction of sp³-hybridized carbons (Fsp3) is 1.00. The van der Waals surface area contributed by atoms with Crippen LogP contribution < -0.4 is 0 Å². The van der Waals surface area contributed by atoms with E-state index in [0.717, 1.165) is 11.8 Å². The van der Waals surface area contributed by atoms with Gasteiger partial charge in [0.1, 0.15) is 0 Å². The molecule has 0 N–H and O–H groups in total. The number of rotatable bonds is 4. The van der Waals surface area contributed by atoms with Crippen molar-refractivity contribution in [3.8, 4) is 0 Å². The highest BCUT2D eigenvalue weighted by molar-refractivity contribution is 4.95. The maximum atomic E-state index is 2.40. The van der Waals surface area contributed by atoms with Crippen molar-refractivity contribution in [2.75, 3.05) is 0 Å². The number of hydrogen-bond acceptors (Lipinski definition) is 0. The largest absolute Gasteiger partial charge is 0.0651 e. The van der Waals surface area contributed by atoms with Crippen LogP contribution in [0.15, 0.2) is 0 Å². The molecule has 0 saturated heterocycles. The van der Waals surface area contributed by atoms with Crippen molar-refractivity contribution < 1.29 is 0 Å². The lowest BCUT2D eigenvalue weighted by atomic mass is 9.94. The van der Waals surface area contributed by atoms with Gasteiger partial charge in [0.2, 0.25) is 0 Å². The summed E-state index contributed by atoms with van der Waals surface area (Å²) in [7, 11) is 0. The van der Waals surface area contributed by atoms with Crippen molar-refractivity contribution in [3.63, 3.8) is 0 Å². The molecular weight excluding hydrogens is 132 g/mol. The topological polar surface area (TPSA) is 0 Å². The Labute approximate surface area is 71.4 Å². The Bertz CT molecular complexity index is 120. The lowest BCUT2D eigenvalue weighted by Crippen LogP contribution is -2.01. The quantitative estimate of drug-likeness (QED) is 0.577. The maximum absolute atomic E-state index is 2.40. The van der Waals surface area contributed by atoms with Gasteiger partial charge in [0.25, 0.3) is 0 Å². The zero-order valence-electron chi connectivity index (χ0n) is 8.48. The van der Waals surface area contributed by atoms with E-state index in [2.05, 4.69) is 27.7 Å². The minimum atomic E-state index is 0.697. The van der Waals surface area contributed by atoms with E-state index in [1.54, 1.807) is 0 Å². The van der Waals surface area contributed by atoms with E-state index in [4.69, 9.17) is 0 Å². The lowest BCUT2D eigenvalue weighted by Gasteiger charge is -2.12. The van der Waals surface area contributed by atoms with Gasteiger partial charge in [-0.1, -0.05) is 40.5 Å². The summed E-state index contributed by atoms with van der Waals surface area (Å²) in [6.07, 6.45) is 5.72. The third-order valence-corrected chi connectivity index (χ3v) is 3.49. The molecule has 0 heteroatoms. The smallest absolute Gasteiger partial charge is 0.0323 e.